The minimum absolute atomic E-state index is 0.278. The van der Waals surface area contributed by atoms with E-state index in [1.807, 2.05) is 61.7 Å². The smallest absolute Gasteiger partial charge is 0.273 e. The molecule has 4 rings (SSSR count). The molecule has 1 amide bonds. The van der Waals surface area contributed by atoms with Crippen LogP contribution in [0.3, 0.4) is 0 Å². The first-order chi connectivity index (χ1) is 14.6. The Morgan fingerprint density at radius 1 is 1.10 bits per heavy atom. The average Bonchev–Trinajstić information content (AvgIpc) is 3.43. The highest BCUT2D eigenvalue weighted by Crippen LogP contribution is 2.21. The number of hydrogen-bond acceptors (Lipinski definition) is 5. The molecule has 30 heavy (non-hydrogen) atoms. The number of amides is 1. The number of aromatic nitrogens is 5. The number of nitrogens with one attached hydrogen (secondary N) is 1. The molecule has 2 aromatic carbocycles. The average molecular weight is 402 g/mol. The molecule has 0 aliphatic carbocycles. The van der Waals surface area contributed by atoms with Crippen molar-refractivity contribution in [2.75, 3.05) is 7.11 Å². The van der Waals surface area contributed by atoms with E-state index < -0.39 is 0 Å². The predicted molar refractivity (Wildman–Crippen MR) is 112 cm³/mol. The van der Waals surface area contributed by atoms with E-state index >= 15 is 0 Å². The summed E-state index contributed by atoms with van der Waals surface area (Å²) in [5, 5.41) is 15.3. The molecule has 2 aromatic heterocycles. The zero-order chi connectivity index (χ0) is 20.9. The van der Waals surface area contributed by atoms with Crippen molar-refractivity contribution in [1.82, 2.24) is 30.1 Å². The molecular weight excluding hydrogens is 380 g/mol. The highest BCUT2D eigenvalue weighted by Gasteiger charge is 2.12. The van der Waals surface area contributed by atoms with Crippen molar-refractivity contribution in [2.24, 2.45) is 0 Å². The van der Waals surface area contributed by atoms with Gasteiger partial charge in [0.1, 0.15) is 11.4 Å². The topological polar surface area (TPSA) is 86.9 Å². The maximum atomic E-state index is 12.5. The van der Waals surface area contributed by atoms with Crippen molar-refractivity contribution in [2.45, 2.75) is 20.0 Å². The summed E-state index contributed by atoms with van der Waals surface area (Å²) in [6.07, 6.45) is 5.22. The van der Waals surface area contributed by atoms with Crippen LogP contribution in [0, 0.1) is 6.92 Å². The Kier molecular flexibility index (Phi) is 5.56. The van der Waals surface area contributed by atoms with Crippen LogP contribution in [0.5, 0.6) is 5.75 Å². The van der Waals surface area contributed by atoms with Crippen LogP contribution < -0.4 is 10.1 Å². The molecule has 8 nitrogen and oxygen atoms in total. The lowest BCUT2D eigenvalue weighted by Crippen LogP contribution is -2.23. The summed E-state index contributed by atoms with van der Waals surface area (Å²) in [5.74, 6) is 0.442. The molecule has 0 aliphatic heterocycles. The Morgan fingerprint density at radius 2 is 1.90 bits per heavy atom. The Hall–Kier alpha value is -3.94. The summed E-state index contributed by atoms with van der Waals surface area (Å²) in [7, 11) is 1.62. The lowest BCUT2D eigenvalue weighted by Gasteiger charge is -2.07. The summed E-state index contributed by atoms with van der Waals surface area (Å²) < 4.78 is 8.75. The molecule has 0 fully saturated rings. The van der Waals surface area contributed by atoms with E-state index in [1.54, 1.807) is 28.9 Å². The number of nitrogens with zero attached hydrogens (tertiary/aromatic N) is 5. The fourth-order valence-electron chi connectivity index (χ4n) is 3.12. The summed E-state index contributed by atoms with van der Waals surface area (Å²) >= 11 is 0. The number of carbonyl (C=O) groups is 1. The molecule has 2 heterocycles. The van der Waals surface area contributed by atoms with Gasteiger partial charge in [-0.1, -0.05) is 41.6 Å². The van der Waals surface area contributed by atoms with Crippen LogP contribution >= 0.6 is 0 Å². The van der Waals surface area contributed by atoms with Gasteiger partial charge in [0.15, 0.2) is 5.69 Å². The van der Waals surface area contributed by atoms with E-state index in [0.717, 1.165) is 22.6 Å². The van der Waals surface area contributed by atoms with Gasteiger partial charge in [-0.3, -0.25) is 4.79 Å². The third-order valence-electron chi connectivity index (χ3n) is 4.79. The minimum atomic E-state index is -0.281. The van der Waals surface area contributed by atoms with Gasteiger partial charge in [0, 0.05) is 18.3 Å². The second-order valence-corrected chi connectivity index (χ2v) is 6.88. The molecule has 8 heteroatoms. The summed E-state index contributed by atoms with van der Waals surface area (Å²) in [6, 6.07) is 15.7. The van der Waals surface area contributed by atoms with E-state index in [1.165, 1.54) is 5.56 Å². The molecular formula is C22H22N6O2. The zero-order valence-corrected chi connectivity index (χ0v) is 16.8. The Labute approximate surface area is 174 Å². The molecule has 0 atom stereocenters. The second kappa shape index (κ2) is 8.60. The van der Waals surface area contributed by atoms with Gasteiger partial charge in [0.25, 0.3) is 5.91 Å². The van der Waals surface area contributed by atoms with Gasteiger partial charge in [-0.15, -0.1) is 5.10 Å². The summed E-state index contributed by atoms with van der Waals surface area (Å²) in [6.45, 7) is 2.95. The zero-order valence-electron chi connectivity index (χ0n) is 16.8. The number of benzene rings is 2. The van der Waals surface area contributed by atoms with Crippen molar-refractivity contribution in [1.29, 1.82) is 0 Å². The van der Waals surface area contributed by atoms with Gasteiger partial charge in [0.2, 0.25) is 0 Å². The lowest BCUT2D eigenvalue weighted by molar-refractivity contribution is 0.0946. The van der Waals surface area contributed by atoms with Crippen LogP contribution in [0.15, 0.2) is 67.1 Å². The number of carbonyl (C=O) groups excluding carboxylic acids is 1. The second-order valence-electron chi connectivity index (χ2n) is 6.88. The van der Waals surface area contributed by atoms with Crippen molar-refractivity contribution < 1.29 is 9.53 Å². The van der Waals surface area contributed by atoms with Gasteiger partial charge < -0.3 is 10.1 Å². The van der Waals surface area contributed by atoms with Crippen LogP contribution in [0.1, 0.15) is 27.2 Å². The van der Waals surface area contributed by atoms with Gasteiger partial charge >= 0.3 is 0 Å². The molecule has 0 radical (unpaired) electrons. The molecule has 1 N–H and O–H groups in total. The molecule has 0 bridgehead atoms. The lowest BCUT2D eigenvalue weighted by atomic mass is 10.1. The number of rotatable bonds is 7. The van der Waals surface area contributed by atoms with E-state index in [0.29, 0.717) is 13.1 Å². The molecule has 0 saturated carbocycles. The maximum Gasteiger partial charge on any atom is 0.273 e. The van der Waals surface area contributed by atoms with Crippen LogP contribution in [0.4, 0.5) is 0 Å². The molecule has 0 spiro atoms. The van der Waals surface area contributed by atoms with Crippen molar-refractivity contribution in [3.05, 3.63) is 89.5 Å². The van der Waals surface area contributed by atoms with Crippen LogP contribution in [0.25, 0.3) is 5.69 Å². The normalized spacial score (nSPS) is 10.7. The van der Waals surface area contributed by atoms with Crippen LogP contribution in [0.2, 0.25) is 0 Å². The highest BCUT2D eigenvalue weighted by molar-refractivity contribution is 5.91. The van der Waals surface area contributed by atoms with Crippen molar-refractivity contribution in [3.8, 4) is 11.4 Å². The maximum absolute atomic E-state index is 12.5. The summed E-state index contributed by atoms with van der Waals surface area (Å²) in [4.78, 5) is 12.5. The first kappa shape index (κ1) is 19.4. The number of aryl methyl sites for hydroxylation is 1. The number of hydrogen-bond donors (Lipinski definition) is 1. The molecule has 0 aliphatic rings. The monoisotopic (exact) mass is 402 g/mol. The first-order valence-corrected chi connectivity index (χ1v) is 9.54. The first-order valence-electron chi connectivity index (χ1n) is 9.54. The predicted octanol–water partition coefficient (Wildman–Crippen LogP) is 2.76. The van der Waals surface area contributed by atoms with Crippen LogP contribution in [-0.2, 0) is 13.1 Å². The third kappa shape index (κ3) is 4.22. The van der Waals surface area contributed by atoms with E-state index in [4.69, 9.17) is 4.74 Å². The van der Waals surface area contributed by atoms with Gasteiger partial charge in [-0.25, -0.2) is 9.36 Å². The van der Waals surface area contributed by atoms with E-state index in [9.17, 15) is 4.79 Å². The highest BCUT2D eigenvalue weighted by atomic mass is 16.5. The van der Waals surface area contributed by atoms with E-state index in [-0.39, 0.29) is 11.6 Å². The largest absolute Gasteiger partial charge is 0.494 e. The van der Waals surface area contributed by atoms with Crippen LogP contribution in [-0.4, -0.2) is 37.8 Å². The van der Waals surface area contributed by atoms with Crippen molar-refractivity contribution >= 4 is 5.91 Å². The number of para-hydroxylation sites is 2. The SMILES string of the molecule is COc1ccccc1-n1cc(CNC(=O)c2cn(Cc3ccccc3C)nn2)cn1. The minimum Gasteiger partial charge on any atom is -0.494 e. The quantitative estimate of drug-likeness (QED) is 0.514. The van der Waals surface area contributed by atoms with E-state index in [2.05, 4.69) is 20.7 Å². The van der Waals surface area contributed by atoms with Crippen molar-refractivity contribution in [3.63, 3.8) is 0 Å². The fourth-order valence-corrected chi connectivity index (χ4v) is 3.12. The third-order valence-corrected chi connectivity index (χ3v) is 4.79. The number of methoxy groups -OCH3 is 1. The Bertz CT molecular complexity index is 1160. The van der Waals surface area contributed by atoms with Gasteiger partial charge in [-0.2, -0.15) is 5.10 Å². The standard InChI is InChI=1S/C22H22N6O2/c1-16-7-3-4-8-18(16)14-27-15-19(25-26-27)22(29)23-11-17-12-24-28(13-17)20-9-5-6-10-21(20)30-2/h3-10,12-13,15H,11,14H2,1-2H3,(H,23,29). The molecule has 0 saturated heterocycles. The Morgan fingerprint density at radius 3 is 2.73 bits per heavy atom. The Balaban J connectivity index is 1.38. The summed E-state index contributed by atoms with van der Waals surface area (Å²) in [5.41, 5.74) is 4.28. The van der Waals surface area contributed by atoms with Gasteiger partial charge in [0.05, 0.1) is 26.0 Å². The molecule has 152 valence electrons. The molecule has 4 aromatic rings. The molecule has 0 unspecified atom stereocenters. The fraction of sp³-hybridized carbons (Fsp3) is 0.182. The van der Waals surface area contributed by atoms with Gasteiger partial charge in [-0.05, 0) is 30.2 Å². The number of ether oxygens (including phenoxy) is 1.